The number of rotatable bonds is 2. The Morgan fingerprint density at radius 2 is 1.92 bits per heavy atom. The maximum atomic E-state index is 13.9. The molecular formula is C21H26FNO3. The van der Waals surface area contributed by atoms with E-state index >= 15 is 0 Å². The number of hydrogen-bond acceptors (Lipinski definition) is 3. The van der Waals surface area contributed by atoms with Gasteiger partial charge in [-0.15, -0.1) is 0 Å². The molecule has 0 bridgehead atoms. The standard InChI is InChI=1S/C21H26FNO3/c1-21(2,3)26-20(24)23-10-6-15(7-11-23)19-14-17(22)4-5-18(19)16-8-12-25-13-9-16/h4-6,8,14H,7,9-13H2,1-3H3. The summed E-state index contributed by atoms with van der Waals surface area (Å²) in [5.74, 6) is -0.244. The van der Waals surface area contributed by atoms with E-state index in [4.69, 9.17) is 9.47 Å². The van der Waals surface area contributed by atoms with Gasteiger partial charge in [0, 0.05) is 13.1 Å². The first kappa shape index (κ1) is 18.6. The van der Waals surface area contributed by atoms with Crippen LogP contribution >= 0.6 is 0 Å². The summed E-state index contributed by atoms with van der Waals surface area (Å²) in [4.78, 5) is 13.9. The first-order valence-corrected chi connectivity index (χ1v) is 9.07. The van der Waals surface area contributed by atoms with Gasteiger partial charge in [0.2, 0.25) is 0 Å². The molecular weight excluding hydrogens is 333 g/mol. The summed E-state index contributed by atoms with van der Waals surface area (Å²) in [5.41, 5.74) is 3.74. The van der Waals surface area contributed by atoms with Gasteiger partial charge in [-0.05, 0) is 68.0 Å². The number of benzene rings is 1. The fourth-order valence-electron chi connectivity index (χ4n) is 3.24. The van der Waals surface area contributed by atoms with Crippen LogP contribution in [0, 0.1) is 5.82 Å². The average Bonchev–Trinajstić information content (AvgIpc) is 2.61. The molecule has 2 aliphatic rings. The van der Waals surface area contributed by atoms with Crippen LogP contribution in [-0.2, 0) is 9.47 Å². The topological polar surface area (TPSA) is 38.8 Å². The number of nitrogens with zero attached hydrogens (tertiary/aromatic N) is 1. The Hall–Kier alpha value is -2.14. The van der Waals surface area contributed by atoms with E-state index in [1.165, 1.54) is 11.6 Å². The number of carbonyl (C=O) groups excluding carboxylic acids is 1. The predicted molar refractivity (Wildman–Crippen MR) is 100 cm³/mol. The van der Waals surface area contributed by atoms with Gasteiger partial charge in [-0.3, -0.25) is 0 Å². The summed E-state index contributed by atoms with van der Waals surface area (Å²) >= 11 is 0. The fraction of sp³-hybridized carbons (Fsp3) is 0.476. The molecule has 0 aliphatic carbocycles. The lowest BCUT2D eigenvalue weighted by molar-refractivity contribution is 0.0270. The average molecular weight is 359 g/mol. The first-order chi connectivity index (χ1) is 12.3. The van der Waals surface area contributed by atoms with Crippen LogP contribution in [0.15, 0.2) is 30.4 Å². The summed E-state index contributed by atoms with van der Waals surface area (Å²) < 4.78 is 24.7. The summed E-state index contributed by atoms with van der Waals surface area (Å²) in [6, 6.07) is 4.95. The van der Waals surface area contributed by atoms with Gasteiger partial charge >= 0.3 is 6.09 Å². The molecule has 4 nitrogen and oxygen atoms in total. The molecule has 26 heavy (non-hydrogen) atoms. The Bertz CT molecular complexity index is 746. The van der Waals surface area contributed by atoms with Crippen LogP contribution in [0.2, 0.25) is 0 Å². The fourth-order valence-corrected chi connectivity index (χ4v) is 3.24. The van der Waals surface area contributed by atoms with E-state index in [0.29, 0.717) is 32.7 Å². The molecule has 1 amide bonds. The van der Waals surface area contributed by atoms with E-state index in [-0.39, 0.29) is 11.9 Å². The number of amides is 1. The molecule has 0 atom stereocenters. The van der Waals surface area contributed by atoms with Crippen LogP contribution in [0.4, 0.5) is 9.18 Å². The Kier molecular flexibility index (Phi) is 5.47. The lowest BCUT2D eigenvalue weighted by atomic mass is 9.89. The van der Waals surface area contributed by atoms with E-state index in [2.05, 4.69) is 6.08 Å². The first-order valence-electron chi connectivity index (χ1n) is 9.07. The van der Waals surface area contributed by atoms with E-state index in [9.17, 15) is 9.18 Å². The quantitative estimate of drug-likeness (QED) is 0.771. The Labute approximate surface area is 154 Å². The monoisotopic (exact) mass is 359 g/mol. The largest absolute Gasteiger partial charge is 0.444 e. The summed E-state index contributed by atoms with van der Waals surface area (Å²) in [7, 11) is 0. The van der Waals surface area contributed by atoms with Gasteiger partial charge in [-0.25, -0.2) is 9.18 Å². The third kappa shape index (κ3) is 4.52. The molecule has 1 aromatic carbocycles. The van der Waals surface area contributed by atoms with Crippen molar-refractivity contribution in [3.8, 4) is 0 Å². The van der Waals surface area contributed by atoms with Crippen molar-refractivity contribution in [3.05, 3.63) is 47.3 Å². The zero-order valence-electron chi connectivity index (χ0n) is 15.7. The van der Waals surface area contributed by atoms with E-state index in [1.807, 2.05) is 32.9 Å². The number of halogens is 1. The summed E-state index contributed by atoms with van der Waals surface area (Å²) in [6.07, 6.45) is 5.27. The lowest BCUT2D eigenvalue weighted by Crippen LogP contribution is -2.39. The number of hydrogen-bond donors (Lipinski definition) is 0. The molecule has 140 valence electrons. The highest BCUT2D eigenvalue weighted by Crippen LogP contribution is 2.33. The number of ether oxygens (including phenoxy) is 2. The second kappa shape index (κ2) is 7.62. The second-order valence-electron chi connectivity index (χ2n) is 7.65. The van der Waals surface area contributed by atoms with Gasteiger partial charge < -0.3 is 14.4 Å². The van der Waals surface area contributed by atoms with Crippen molar-refractivity contribution >= 4 is 17.2 Å². The highest BCUT2D eigenvalue weighted by atomic mass is 19.1. The van der Waals surface area contributed by atoms with Crippen molar-refractivity contribution in [2.75, 3.05) is 26.3 Å². The van der Waals surface area contributed by atoms with Crippen LogP contribution in [0.25, 0.3) is 11.1 Å². The van der Waals surface area contributed by atoms with Gasteiger partial charge in [0.25, 0.3) is 0 Å². The molecule has 0 saturated carbocycles. The Morgan fingerprint density at radius 1 is 1.15 bits per heavy atom. The molecule has 0 spiro atoms. The molecule has 2 aliphatic heterocycles. The van der Waals surface area contributed by atoms with Gasteiger partial charge in [0.05, 0.1) is 13.2 Å². The van der Waals surface area contributed by atoms with Gasteiger partial charge in [-0.2, -0.15) is 0 Å². The molecule has 0 saturated heterocycles. The molecule has 3 rings (SSSR count). The molecule has 0 fully saturated rings. The molecule has 5 heteroatoms. The van der Waals surface area contributed by atoms with Crippen molar-refractivity contribution in [2.45, 2.75) is 39.2 Å². The Morgan fingerprint density at radius 3 is 2.54 bits per heavy atom. The van der Waals surface area contributed by atoms with Crippen molar-refractivity contribution in [2.24, 2.45) is 0 Å². The maximum absolute atomic E-state index is 13.9. The van der Waals surface area contributed by atoms with Crippen LogP contribution in [0.3, 0.4) is 0 Å². The highest BCUT2D eigenvalue weighted by molar-refractivity contribution is 5.81. The summed E-state index contributed by atoms with van der Waals surface area (Å²) in [5, 5.41) is 0. The molecule has 0 unspecified atom stereocenters. The zero-order chi connectivity index (χ0) is 18.7. The van der Waals surface area contributed by atoms with E-state index in [0.717, 1.165) is 23.1 Å². The SMILES string of the molecule is CC(C)(C)OC(=O)N1CC=C(c2cc(F)ccc2C2=CCOCC2)CC1. The number of carbonyl (C=O) groups is 1. The minimum Gasteiger partial charge on any atom is -0.444 e. The third-order valence-corrected chi connectivity index (χ3v) is 4.50. The van der Waals surface area contributed by atoms with E-state index in [1.54, 1.807) is 11.0 Å². The third-order valence-electron chi connectivity index (χ3n) is 4.50. The molecule has 2 heterocycles. The second-order valence-corrected chi connectivity index (χ2v) is 7.65. The summed E-state index contributed by atoms with van der Waals surface area (Å²) in [6.45, 7) is 7.90. The van der Waals surface area contributed by atoms with Crippen molar-refractivity contribution in [3.63, 3.8) is 0 Å². The normalized spacial score (nSPS) is 18.2. The maximum Gasteiger partial charge on any atom is 0.410 e. The van der Waals surface area contributed by atoms with Crippen molar-refractivity contribution in [1.82, 2.24) is 4.90 Å². The zero-order valence-corrected chi connectivity index (χ0v) is 15.7. The minimum absolute atomic E-state index is 0.244. The van der Waals surface area contributed by atoms with Crippen LogP contribution < -0.4 is 0 Å². The lowest BCUT2D eigenvalue weighted by Gasteiger charge is -2.30. The molecule has 0 aromatic heterocycles. The molecule has 0 radical (unpaired) electrons. The van der Waals surface area contributed by atoms with Crippen LogP contribution in [0.5, 0.6) is 0 Å². The molecule has 0 N–H and O–H groups in total. The van der Waals surface area contributed by atoms with Gasteiger partial charge in [0.15, 0.2) is 0 Å². The van der Waals surface area contributed by atoms with Crippen molar-refractivity contribution in [1.29, 1.82) is 0 Å². The van der Waals surface area contributed by atoms with E-state index < -0.39 is 5.60 Å². The minimum atomic E-state index is -0.508. The van der Waals surface area contributed by atoms with Crippen LogP contribution in [0.1, 0.15) is 44.7 Å². The molecule has 1 aromatic rings. The smallest absolute Gasteiger partial charge is 0.410 e. The van der Waals surface area contributed by atoms with Gasteiger partial charge in [-0.1, -0.05) is 18.2 Å². The highest BCUT2D eigenvalue weighted by Gasteiger charge is 2.25. The van der Waals surface area contributed by atoms with Gasteiger partial charge in [0.1, 0.15) is 11.4 Å². The van der Waals surface area contributed by atoms with Crippen molar-refractivity contribution < 1.29 is 18.7 Å². The van der Waals surface area contributed by atoms with Crippen LogP contribution in [-0.4, -0.2) is 42.9 Å². The Balaban J connectivity index is 1.81. The predicted octanol–water partition coefficient (Wildman–Crippen LogP) is 4.65.